The minimum Gasteiger partial charge on any atom is -0.382 e. The third-order valence-corrected chi connectivity index (χ3v) is 4.91. The molecule has 2 N–H and O–H groups in total. The Hall–Kier alpha value is -2.31. The van der Waals surface area contributed by atoms with Gasteiger partial charge in [-0.2, -0.15) is 13.2 Å². The van der Waals surface area contributed by atoms with Crippen LogP contribution in [0, 0.1) is 5.92 Å². The highest BCUT2D eigenvalue weighted by molar-refractivity contribution is 5.91. The van der Waals surface area contributed by atoms with Gasteiger partial charge >= 0.3 is 6.18 Å². The standard InChI is InChI=1S/C20H24F3N3O/c1-12(2)19(27)25-14-7-5-6-13(10-14)24-17-11-18(20(21,22)23)26-16-9-4-3-8-15(16)17/h3-4,8-9,11-14H,5-7,10H2,1-2H3,(H,24,26)(H,25,27)/t13-,14+/m0/s1. The number of rotatable bonds is 4. The lowest BCUT2D eigenvalue weighted by molar-refractivity contribution is -0.140. The molecular formula is C20H24F3N3O. The first kappa shape index (κ1) is 19.5. The molecule has 1 amide bonds. The maximum Gasteiger partial charge on any atom is 0.433 e. The highest BCUT2D eigenvalue weighted by Crippen LogP contribution is 2.34. The van der Waals surface area contributed by atoms with Crippen molar-refractivity contribution in [2.75, 3.05) is 5.32 Å². The lowest BCUT2D eigenvalue weighted by Crippen LogP contribution is -2.43. The van der Waals surface area contributed by atoms with E-state index in [9.17, 15) is 18.0 Å². The van der Waals surface area contributed by atoms with E-state index in [-0.39, 0.29) is 23.9 Å². The normalized spacial score (nSPS) is 20.7. The number of nitrogens with one attached hydrogen (secondary N) is 2. The molecule has 146 valence electrons. The molecule has 1 aliphatic carbocycles. The van der Waals surface area contributed by atoms with E-state index in [1.807, 2.05) is 13.8 Å². The topological polar surface area (TPSA) is 54.0 Å². The van der Waals surface area contributed by atoms with Crippen molar-refractivity contribution in [2.45, 2.75) is 57.8 Å². The molecule has 1 heterocycles. The van der Waals surface area contributed by atoms with Gasteiger partial charge in [-0.1, -0.05) is 32.0 Å². The number of carbonyl (C=O) groups excluding carboxylic acids is 1. The lowest BCUT2D eigenvalue weighted by Gasteiger charge is -2.32. The number of fused-ring (bicyclic) bond motifs is 1. The van der Waals surface area contributed by atoms with Crippen LogP contribution in [0.25, 0.3) is 10.9 Å². The van der Waals surface area contributed by atoms with Crippen molar-refractivity contribution in [3.05, 3.63) is 36.0 Å². The van der Waals surface area contributed by atoms with E-state index in [4.69, 9.17) is 0 Å². The molecule has 0 radical (unpaired) electrons. The molecule has 0 spiro atoms. The second kappa shape index (κ2) is 7.74. The minimum atomic E-state index is -4.50. The third-order valence-electron chi connectivity index (χ3n) is 4.91. The van der Waals surface area contributed by atoms with E-state index in [2.05, 4.69) is 15.6 Å². The van der Waals surface area contributed by atoms with E-state index in [0.717, 1.165) is 25.3 Å². The molecule has 1 aromatic carbocycles. The van der Waals surface area contributed by atoms with E-state index in [0.29, 0.717) is 23.0 Å². The van der Waals surface area contributed by atoms with Crippen LogP contribution < -0.4 is 10.6 Å². The molecule has 27 heavy (non-hydrogen) atoms. The monoisotopic (exact) mass is 379 g/mol. The fraction of sp³-hybridized carbons (Fsp3) is 0.500. The number of hydrogen-bond acceptors (Lipinski definition) is 3. The Morgan fingerprint density at radius 2 is 1.89 bits per heavy atom. The summed E-state index contributed by atoms with van der Waals surface area (Å²) in [7, 11) is 0. The van der Waals surface area contributed by atoms with Crippen LogP contribution in [0.15, 0.2) is 30.3 Å². The van der Waals surface area contributed by atoms with E-state index in [1.165, 1.54) is 0 Å². The Labute approximate surface area is 156 Å². The lowest BCUT2D eigenvalue weighted by atomic mass is 9.90. The number of para-hydroxylation sites is 1. The number of anilines is 1. The van der Waals surface area contributed by atoms with Gasteiger partial charge in [0.2, 0.25) is 5.91 Å². The molecule has 1 aliphatic rings. The smallest absolute Gasteiger partial charge is 0.382 e. The van der Waals surface area contributed by atoms with Crippen LogP contribution in [0.4, 0.5) is 18.9 Å². The SMILES string of the molecule is CC(C)C(=O)N[C@@H]1CCC[C@H](Nc2cc(C(F)(F)F)nc3ccccc23)C1. The van der Waals surface area contributed by atoms with Gasteiger partial charge in [0.15, 0.2) is 0 Å². The molecule has 1 saturated carbocycles. The summed E-state index contributed by atoms with van der Waals surface area (Å²) in [6.45, 7) is 3.69. The van der Waals surface area contributed by atoms with E-state index < -0.39 is 11.9 Å². The Morgan fingerprint density at radius 3 is 2.59 bits per heavy atom. The third kappa shape index (κ3) is 4.70. The van der Waals surface area contributed by atoms with Gasteiger partial charge in [-0.25, -0.2) is 4.98 Å². The van der Waals surface area contributed by atoms with Crippen molar-refractivity contribution >= 4 is 22.5 Å². The molecule has 4 nitrogen and oxygen atoms in total. The van der Waals surface area contributed by atoms with Gasteiger partial charge in [0.25, 0.3) is 0 Å². The molecule has 0 aliphatic heterocycles. The molecule has 0 bridgehead atoms. The molecule has 2 aromatic rings. The van der Waals surface area contributed by atoms with Gasteiger partial charge in [0.1, 0.15) is 5.69 Å². The zero-order chi connectivity index (χ0) is 19.6. The Kier molecular flexibility index (Phi) is 5.58. The van der Waals surface area contributed by atoms with E-state index in [1.54, 1.807) is 24.3 Å². The van der Waals surface area contributed by atoms with Gasteiger partial charge in [0, 0.05) is 29.1 Å². The molecule has 0 unspecified atom stereocenters. The average molecular weight is 379 g/mol. The predicted molar refractivity (Wildman–Crippen MR) is 99.4 cm³/mol. The zero-order valence-corrected chi connectivity index (χ0v) is 15.4. The molecular weight excluding hydrogens is 355 g/mol. The quantitative estimate of drug-likeness (QED) is 0.806. The predicted octanol–water partition coefficient (Wildman–Crippen LogP) is 4.75. The maximum absolute atomic E-state index is 13.2. The fourth-order valence-corrected chi connectivity index (χ4v) is 3.48. The average Bonchev–Trinajstić information content (AvgIpc) is 2.61. The van der Waals surface area contributed by atoms with Crippen LogP contribution in [0.3, 0.4) is 0 Å². The molecule has 1 fully saturated rings. The summed E-state index contributed by atoms with van der Waals surface area (Å²) in [5.74, 6) is -0.0776. The number of aromatic nitrogens is 1. The number of halogens is 3. The summed E-state index contributed by atoms with van der Waals surface area (Å²) in [5, 5.41) is 6.98. The Bertz CT molecular complexity index is 820. The number of pyridine rings is 1. The van der Waals surface area contributed by atoms with E-state index >= 15 is 0 Å². The molecule has 1 aromatic heterocycles. The van der Waals surface area contributed by atoms with Crippen LogP contribution >= 0.6 is 0 Å². The Morgan fingerprint density at radius 1 is 1.19 bits per heavy atom. The zero-order valence-electron chi connectivity index (χ0n) is 15.4. The maximum atomic E-state index is 13.2. The number of benzene rings is 1. The van der Waals surface area contributed by atoms with Crippen molar-refractivity contribution < 1.29 is 18.0 Å². The van der Waals surface area contributed by atoms with Crippen molar-refractivity contribution in [1.29, 1.82) is 0 Å². The fourth-order valence-electron chi connectivity index (χ4n) is 3.48. The minimum absolute atomic E-state index is 0.00287. The second-order valence-electron chi connectivity index (χ2n) is 7.44. The highest BCUT2D eigenvalue weighted by Gasteiger charge is 2.34. The second-order valence-corrected chi connectivity index (χ2v) is 7.44. The van der Waals surface area contributed by atoms with Gasteiger partial charge in [-0.15, -0.1) is 0 Å². The van der Waals surface area contributed by atoms with Crippen LogP contribution in [0.5, 0.6) is 0 Å². The van der Waals surface area contributed by atoms with Crippen molar-refractivity contribution in [3.8, 4) is 0 Å². The number of hydrogen-bond donors (Lipinski definition) is 2. The summed E-state index contributed by atoms with van der Waals surface area (Å²) < 4.78 is 39.7. The van der Waals surface area contributed by atoms with Gasteiger partial charge in [0.05, 0.1) is 5.52 Å². The molecule has 7 heteroatoms. The van der Waals surface area contributed by atoms with Crippen molar-refractivity contribution in [2.24, 2.45) is 5.92 Å². The first-order valence-corrected chi connectivity index (χ1v) is 9.28. The van der Waals surface area contributed by atoms with Crippen LogP contribution in [-0.2, 0) is 11.0 Å². The summed E-state index contributed by atoms with van der Waals surface area (Å²) in [6, 6.07) is 7.95. The van der Waals surface area contributed by atoms with Gasteiger partial charge in [-0.05, 0) is 37.8 Å². The first-order valence-electron chi connectivity index (χ1n) is 9.28. The van der Waals surface area contributed by atoms with Gasteiger partial charge < -0.3 is 10.6 Å². The summed E-state index contributed by atoms with van der Waals surface area (Å²) >= 11 is 0. The first-order chi connectivity index (χ1) is 12.7. The van der Waals surface area contributed by atoms with Crippen LogP contribution in [0.1, 0.15) is 45.2 Å². The largest absolute Gasteiger partial charge is 0.433 e. The number of amides is 1. The van der Waals surface area contributed by atoms with Crippen LogP contribution in [0.2, 0.25) is 0 Å². The number of alkyl halides is 3. The summed E-state index contributed by atoms with van der Waals surface area (Å²) in [6.07, 6.45) is -1.15. The number of nitrogens with zero attached hydrogens (tertiary/aromatic N) is 1. The summed E-state index contributed by atoms with van der Waals surface area (Å²) in [4.78, 5) is 15.7. The van der Waals surface area contributed by atoms with Crippen molar-refractivity contribution in [1.82, 2.24) is 10.3 Å². The summed E-state index contributed by atoms with van der Waals surface area (Å²) in [5.41, 5.74) is -0.145. The Balaban J connectivity index is 1.82. The van der Waals surface area contributed by atoms with Crippen LogP contribution in [-0.4, -0.2) is 23.0 Å². The molecule has 2 atom stereocenters. The van der Waals surface area contributed by atoms with Gasteiger partial charge in [-0.3, -0.25) is 4.79 Å². The van der Waals surface area contributed by atoms with Crippen molar-refractivity contribution in [3.63, 3.8) is 0 Å². The molecule has 0 saturated heterocycles. The molecule has 3 rings (SSSR count). The number of carbonyl (C=O) groups is 1. The highest BCUT2D eigenvalue weighted by atomic mass is 19.4.